The van der Waals surface area contributed by atoms with Crippen LogP contribution in [0.15, 0.2) is 18.2 Å². The van der Waals surface area contributed by atoms with Gasteiger partial charge in [-0.05, 0) is 38.5 Å². The van der Waals surface area contributed by atoms with E-state index < -0.39 is 11.8 Å². The van der Waals surface area contributed by atoms with Crippen molar-refractivity contribution in [2.75, 3.05) is 18.4 Å². The molecular formula is C15H22N4O2. The van der Waals surface area contributed by atoms with Crippen molar-refractivity contribution in [3.8, 4) is 0 Å². The van der Waals surface area contributed by atoms with Gasteiger partial charge in [-0.2, -0.15) is 0 Å². The van der Waals surface area contributed by atoms with Crippen molar-refractivity contribution in [3.05, 3.63) is 29.3 Å². The topological polar surface area (TPSA) is 101 Å². The van der Waals surface area contributed by atoms with Gasteiger partial charge in [-0.3, -0.25) is 14.5 Å². The Bertz CT molecular complexity index is 524. The monoisotopic (exact) mass is 290 g/mol. The Balaban J connectivity index is 2.16. The maximum atomic E-state index is 11.3. The van der Waals surface area contributed by atoms with E-state index in [9.17, 15) is 9.59 Å². The zero-order valence-electron chi connectivity index (χ0n) is 12.4. The molecule has 0 bridgehead atoms. The molecule has 0 spiro atoms. The summed E-state index contributed by atoms with van der Waals surface area (Å²) in [4.78, 5) is 25.1. The van der Waals surface area contributed by atoms with Crippen LogP contribution in [0, 0.1) is 0 Å². The predicted molar refractivity (Wildman–Crippen MR) is 82.2 cm³/mol. The first-order chi connectivity index (χ1) is 9.86. The normalized spacial score (nSPS) is 18.9. The fourth-order valence-electron chi connectivity index (χ4n) is 2.61. The number of benzene rings is 1. The number of anilines is 1. The molecule has 1 atom stereocenters. The molecule has 21 heavy (non-hydrogen) atoms. The number of nitrogens with two attached hydrogens (primary N) is 2. The summed E-state index contributed by atoms with van der Waals surface area (Å²) < 4.78 is 0. The minimum atomic E-state index is -0.573. The van der Waals surface area contributed by atoms with Crippen LogP contribution in [0.25, 0.3) is 0 Å². The van der Waals surface area contributed by atoms with Crippen LogP contribution in [0.5, 0.6) is 0 Å². The lowest BCUT2D eigenvalue weighted by Crippen LogP contribution is -2.31. The van der Waals surface area contributed by atoms with E-state index >= 15 is 0 Å². The minimum absolute atomic E-state index is 0.285. The van der Waals surface area contributed by atoms with Crippen molar-refractivity contribution < 1.29 is 9.59 Å². The van der Waals surface area contributed by atoms with Gasteiger partial charge in [0, 0.05) is 42.0 Å². The Morgan fingerprint density at radius 2 is 1.76 bits per heavy atom. The molecule has 1 unspecified atom stereocenters. The van der Waals surface area contributed by atoms with Crippen molar-refractivity contribution in [2.45, 2.75) is 32.4 Å². The van der Waals surface area contributed by atoms with Gasteiger partial charge in [-0.25, -0.2) is 0 Å². The lowest BCUT2D eigenvalue weighted by Gasteiger charge is -2.21. The second kappa shape index (κ2) is 6.13. The summed E-state index contributed by atoms with van der Waals surface area (Å²) in [7, 11) is 0. The van der Waals surface area contributed by atoms with Gasteiger partial charge in [0.2, 0.25) is 11.8 Å². The van der Waals surface area contributed by atoms with E-state index in [-0.39, 0.29) is 17.2 Å². The number of nitrogens with zero attached hydrogens (tertiary/aromatic N) is 1. The fourth-order valence-corrected chi connectivity index (χ4v) is 2.61. The maximum absolute atomic E-state index is 11.3. The van der Waals surface area contributed by atoms with Gasteiger partial charge in [0.25, 0.3) is 0 Å². The van der Waals surface area contributed by atoms with E-state index in [1.807, 2.05) is 0 Å². The molecule has 0 radical (unpaired) electrons. The SMILES string of the molecule is CC(C)N1CCC(Nc2cc(C(N)=O)cc(C(N)=O)c2)C1. The summed E-state index contributed by atoms with van der Waals surface area (Å²) in [5.41, 5.74) is 11.9. The smallest absolute Gasteiger partial charge is 0.248 e. The van der Waals surface area contributed by atoms with E-state index in [2.05, 4.69) is 24.1 Å². The Hall–Kier alpha value is -2.08. The van der Waals surface area contributed by atoms with Crippen LogP contribution in [-0.2, 0) is 0 Å². The standard InChI is InChI=1S/C15H22N4O2/c1-9(2)19-4-3-12(8-19)18-13-6-10(14(16)20)5-11(7-13)15(17)21/h5-7,9,12,18H,3-4,8H2,1-2H3,(H2,16,20)(H2,17,21). The highest BCUT2D eigenvalue weighted by Gasteiger charge is 2.24. The lowest BCUT2D eigenvalue weighted by molar-refractivity contribution is 0.0999. The number of carbonyl (C=O) groups is 2. The first kappa shape index (κ1) is 15.3. The number of primary amides is 2. The molecule has 1 heterocycles. The molecular weight excluding hydrogens is 268 g/mol. The Morgan fingerprint density at radius 1 is 1.19 bits per heavy atom. The summed E-state index contributed by atoms with van der Waals surface area (Å²) in [6.45, 7) is 6.31. The fraction of sp³-hybridized carbons (Fsp3) is 0.467. The van der Waals surface area contributed by atoms with Gasteiger partial charge in [-0.1, -0.05) is 0 Å². The summed E-state index contributed by atoms with van der Waals surface area (Å²) >= 11 is 0. The van der Waals surface area contributed by atoms with Crippen molar-refractivity contribution in [1.29, 1.82) is 0 Å². The average Bonchev–Trinajstić information content (AvgIpc) is 2.87. The molecule has 2 rings (SSSR count). The van der Waals surface area contributed by atoms with Crippen molar-refractivity contribution >= 4 is 17.5 Å². The molecule has 1 saturated heterocycles. The number of hydrogen-bond acceptors (Lipinski definition) is 4. The summed E-state index contributed by atoms with van der Waals surface area (Å²) in [6, 6.07) is 5.54. The molecule has 1 aliphatic heterocycles. The van der Waals surface area contributed by atoms with Gasteiger partial charge in [-0.15, -0.1) is 0 Å². The zero-order chi connectivity index (χ0) is 15.6. The van der Waals surface area contributed by atoms with Crippen LogP contribution in [0.2, 0.25) is 0 Å². The van der Waals surface area contributed by atoms with Crippen molar-refractivity contribution in [2.24, 2.45) is 11.5 Å². The number of amides is 2. The van der Waals surface area contributed by atoms with Crippen LogP contribution in [-0.4, -0.2) is 41.9 Å². The third-order valence-corrected chi connectivity index (χ3v) is 3.82. The highest BCUT2D eigenvalue weighted by molar-refractivity contribution is 5.99. The number of hydrogen-bond donors (Lipinski definition) is 3. The molecule has 1 aliphatic rings. The number of nitrogens with one attached hydrogen (secondary N) is 1. The molecule has 6 heteroatoms. The first-order valence-corrected chi connectivity index (χ1v) is 7.12. The molecule has 0 saturated carbocycles. The number of likely N-dealkylation sites (tertiary alicyclic amines) is 1. The molecule has 6 nitrogen and oxygen atoms in total. The number of rotatable bonds is 5. The van der Waals surface area contributed by atoms with Crippen LogP contribution in [0.4, 0.5) is 5.69 Å². The Labute approximate surface area is 124 Å². The average molecular weight is 290 g/mol. The largest absolute Gasteiger partial charge is 0.381 e. The number of carbonyl (C=O) groups excluding carboxylic acids is 2. The Morgan fingerprint density at radius 3 is 2.19 bits per heavy atom. The molecule has 0 aliphatic carbocycles. The van der Waals surface area contributed by atoms with E-state index in [4.69, 9.17) is 11.5 Å². The quantitative estimate of drug-likeness (QED) is 0.745. The second-order valence-corrected chi connectivity index (χ2v) is 5.75. The summed E-state index contributed by atoms with van der Waals surface area (Å²) in [5.74, 6) is -1.15. The second-order valence-electron chi connectivity index (χ2n) is 5.75. The summed E-state index contributed by atoms with van der Waals surface area (Å²) in [6.07, 6.45) is 1.02. The van der Waals surface area contributed by atoms with Gasteiger partial charge < -0.3 is 16.8 Å². The molecule has 1 aromatic rings. The minimum Gasteiger partial charge on any atom is -0.381 e. The first-order valence-electron chi connectivity index (χ1n) is 7.12. The van der Waals surface area contributed by atoms with Crippen LogP contribution in [0.1, 0.15) is 41.0 Å². The van der Waals surface area contributed by atoms with Crippen LogP contribution in [0.3, 0.4) is 0 Å². The van der Waals surface area contributed by atoms with E-state index in [1.165, 1.54) is 6.07 Å². The summed E-state index contributed by atoms with van der Waals surface area (Å²) in [5, 5.41) is 3.36. The van der Waals surface area contributed by atoms with E-state index in [0.717, 1.165) is 19.5 Å². The lowest BCUT2D eigenvalue weighted by atomic mass is 10.1. The van der Waals surface area contributed by atoms with E-state index in [1.54, 1.807) is 12.1 Å². The third kappa shape index (κ3) is 3.72. The van der Waals surface area contributed by atoms with Crippen molar-refractivity contribution in [1.82, 2.24) is 4.90 Å². The van der Waals surface area contributed by atoms with Gasteiger partial charge in [0.1, 0.15) is 0 Å². The molecule has 1 aromatic carbocycles. The molecule has 2 amide bonds. The highest BCUT2D eigenvalue weighted by Crippen LogP contribution is 2.20. The van der Waals surface area contributed by atoms with Gasteiger partial charge >= 0.3 is 0 Å². The van der Waals surface area contributed by atoms with Crippen molar-refractivity contribution in [3.63, 3.8) is 0 Å². The molecule has 0 aromatic heterocycles. The van der Waals surface area contributed by atoms with Crippen LogP contribution < -0.4 is 16.8 Å². The third-order valence-electron chi connectivity index (χ3n) is 3.82. The van der Waals surface area contributed by atoms with Crippen LogP contribution >= 0.6 is 0 Å². The van der Waals surface area contributed by atoms with E-state index in [0.29, 0.717) is 11.7 Å². The zero-order valence-corrected chi connectivity index (χ0v) is 12.4. The Kier molecular flexibility index (Phi) is 4.47. The molecule has 1 fully saturated rings. The highest BCUT2D eigenvalue weighted by atomic mass is 16.1. The molecule has 5 N–H and O–H groups in total. The van der Waals surface area contributed by atoms with Gasteiger partial charge in [0.15, 0.2) is 0 Å². The van der Waals surface area contributed by atoms with Gasteiger partial charge in [0.05, 0.1) is 0 Å². The molecule has 114 valence electrons. The maximum Gasteiger partial charge on any atom is 0.248 e. The predicted octanol–water partition coefficient (Wildman–Crippen LogP) is 0.779.